The molecule has 3 N–H and O–H groups in total. The summed E-state index contributed by atoms with van der Waals surface area (Å²) in [5.41, 5.74) is 6.67. The largest absolute Gasteiger partial charge is 0.497 e. The quantitative estimate of drug-likeness (QED) is 0.827. The highest BCUT2D eigenvalue weighted by Crippen LogP contribution is 2.19. The lowest BCUT2D eigenvalue weighted by atomic mass is 9.94. The Morgan fingerprint density at radius 1 is 1.37 bits per heavy atom. The lowest BCUT2D eigenvalue weighted by Crippen LogP contribution is -2.39. The summed E-state index contributed by atoms with van der Waals surface area (Å²) in [7, 11) is 1.63. The molecule has 1 amide bonds. The normalized spacial score (nSPS) is 14.0. The lowest BCUT2D eigenvalue weighted by molar-refractivity contribution is -0.126. The standard InChI is InChI=1S/C15H24N2O2/c1-10(2)14(9-16)15(18)17-11(3)12-6-5-7-13(8-12)19-4/h5-8,10-11,14H,9,16H2,1-4H3,(H,17,18)/t11-,14?/m1/s1. The second-order valence-corrected chi connectivity index (χ2v) is 5.09. The van der Waals surface area contributed by atoms with Crippen molar-refractivity contribution in [3.05, 3.63) is 29.8 Å². The van der Waals surface area contributed by atoms with E-state index >= 15 is 0 Å². The Morgan fingerprint density at radius 2 is 2.05 bits per heavy atom. The first-order valence-electron chi connectivity index (χ1n) is 6.64. The van der Waals surface area contributed by atoms with Crippen molar-refractivity contribution in [1.82, 2.24) is 5.32 Å². The van der Waals surface area contributed by atoms with Crippen molar-refractivity contribution < 1.29 is 9.53 Å². The third kappa shape index (κ3) is 4.24. The predicted molar refractivity (Wildman–Crippen MR) is 76.9 cm³/mol. The molecule has 0 saturated carbocycles. The second-order valence-electron chi connectivity index (χ2n) is 5.09. The molecular formula is C15H24N2O2. The van der Waals surface area contributed by atoms with E-state index in [-0.39, 0.29) is 23.8 Å². The van der Waals surface area contributed by atoms with Gasteiger partial charge in [-0.1, -0.05) is 26.0 Å². The van der Waals surface area contributed by atoms with E-state index in [4.69, 9.17) is 10.5 Å². The lowest BCUT2D eigenvalue weighted by Gasteiger charge is -2.22. The minimum Gasteiger partial charge on any atom is -0.497 e. The zero-order valence-electron chi connectivity index (χ0n) is 12.1. The molecule has 0 radical (unpaired) electrons. The van der Waals surface area contributed by atoms with Crippen LogP contribution >= 0.6 is 0 Å². The van der Waals surface area contributed by atoms with Crippen molar-refractivity contribution in [3.8, 4) is 5.75 Å². The number of ether oxygens (including phenoxy) is 1. The fourth-order valence-electron chi connectivity index (χ4n) is 2.00. The van der Waals surface area contributed by atoms with E-state index in [9.17, 15) is 4.79 Å². The molecule has 4 nitrogen and oxygen atoms in total. The van der Waals surface area contributed by atoms with Gasteiger partial charge in [-0.3, -0.25) is 4.79 Å². The van der Waals surface area contributed by atoms with Crippen LogP contribution in [-0.2, 0) is 4.79 Å². The van der Waals surface area contributed by atoms with Gasteiger partial charge in [0.2, 0.25) is 5.91 Å². The highest BCUT2D eigenvalue weighted by molar-refractivity contribution is 5.79. The maximum absolute atomic E-state index is 12.1. The first-order chi connectivity index (χ1) is 8.99. The number of carbonyl (C=O) groups excluding carboxylic acids is 1. The predicted octanol–water partition coefficient (Wildman–Crippen LogP) is 2.10. The Labute approximate surface area is 115 Å². The van der Waals surface area contributed by atoms with Gasteiger partial charge in [0.15, 0.2) is 0 Å². The number of amides is 1. The van der Waals surface area contributed by atoms with Crippen molar-refractivity contribution in [2.75, 3.05) is 13.7 Å². The summed E-state index contributed by atoms with van der Waals surface area (Å²) in [6, 6.07) is 7.64. The van der Waals surface area contributed by atoms with Crippen LogP contribution < -0.4 is 15.8 Å². The average molecular weight is 264 g/mol. The molecule has 1 rings (SSSR count). The molecule has 0 aliphatic rings. The number of rotatable bonds is 6. The van der Waals surface area contributed by atoms with Crippen LogP contribution in [0, 0.1) is 11.8 Å². The molecule has 0 heterocycles. The van der Waals surface area contributed by atoms with Crippen LogP contribution in [0.1, 0.15) is 32.4 Å². The minimum atomic E-state index is -0.145. The van der Waals surface area contributed by atoms with Gasteiger partial charge in [-0.25, -0.2) is 0 Å². The van der Waals surface area contributed by atoms with Gasteiger partial charge in [0.25, 0.3) is 0 Å². The van der Waals surface area contributed by atoms with Gasteiger partial charge in [-0.15, -0.1) is 0 Å². The molecule has 1 unspecified atom stereocenters. The van der Waals surface area contributed by atoms with Gasteiger partial charge in [-0.2, -0.15) is 0 Å². The molecule has 0 aromatic heterocycles. The van der Waals surface area contributed by atoms with E-state index in [0.29, 0.717) is 6.54 Å². The van der Waals surface area contributed by atoms with Crippen molar-refractivity contribution >= 4 is 5.91 Å². The van der Waals surface area contributed by atoms with Crippen LogP contribution in [0.5, 0.6) is 5.75 Å². The molecule has 0 aliphatic heterocycles. The van der Waals surface area contributed by atoms with Gasteiger partial charge in [0.05, 0.1) is 19.1 Å². The molecule has 2 atom stereocenters. The number of benzene rings is 1. The summed E-state index contributed by atoms with van der Waals surface area (Å²) in [5.74, 6) is 0.890. The molecule has 0 bridgehead atoms. The third-order valence-corrected chi connectivity index (χ3v) is 3.35. The topological polar surface area (TPSA) is 64.3 Å². The molecule has 0 saturated heterocycles. The van der Waals surface area contributed by atoms with Crippen molar-refractivity contribution in [1.29, 1.82) is 0 Å². The molecule has 0 fully saturated rings. The highest BCUT2D eigenvalue weighted by atomic mass is 16.5. The SMILES string of the molecule is COc1cccc([C@@H](C)NC(=O)C(CN)C(C)C)c1. The molecular weight excluding hydrogens is 240 g/mol. The van der Waals surface area contributed by atoms with Crippen LogP contribution in [0.4, 0.5) is 0 Å². The highest BCUT2D eigenvalue weighted by Gasteiger charge is 2.22. The molecule has 1 aromatic carbocycles. The molecule has 0 aliphatic carbocycles. The van der Waals surface area contributed by atoms with Crippen LogP contribution in [0.2, 0.25) is 0 Å². The number of methoxy groups -OCH3 is 1. The van der Waals surface area contributed by atoms with Crippen LogP contribution in [0.25, 0.3) is 0 Å². The first-order valence-corrected chi connectivity index (χ1v) is 6.64. The van der Waals surface area contributed by atoms with E-state index in [1.165, 1.54) is 0 Å². The smallest absolute Gasteiger partial charge is 0.225 e. The van der Waals surface area contributed by atoms with Gasteiger partial charge in [-0.05, 0) is 30.5 Å². The maximum atomic E-state index is 12.1. The Bertz CT molecular complexity index is 418. The zero-order valence-corrected chi connectivity index (χ0v) is 12.1. The molecule has 19 heavy (non-hydrogen) atoms. The Kier molecular flexibility index (Phi) is 5.83. The summed E-state index contributed by atoms with van der Waals surface area (Å²) >= 11 is 0. The Morgan fingerprint density at radius 3 is 2.58 bits per heavy atom. The van der Waals surface area contributed by atoms with Crippen LogP contribution in [0.3, 0.4) is 0 Å². The number of nitrogens with two attached hydrogens (primary N) is 1. The summed E-state index contributed by atoms with van der Waals surface area (Å²) in [6.07, 6.45) is 0. The van der Waals surface area contributed by atoms with E-state index < -0.39 is 0 Å². The van der Waals surface area contributed by atoms with Crippen LogP contribution in [-0.4, -0.2) is 19.6 Å². The number of carbonyl (C=O) groups is 1. The summed E-state index contributed by atoms with van der Waals surface area (Å²) in [6.45, 7) is 6.34. The van der Waals surface area contributed by atoms with Crippen molar-refractivity contribution in [2.45, 2.75) is 26.8 Å². The van der Waals surface area contributed by atoms with E-state index in [0.717, 1.165) is 11.3 Å². The van der Waals surface area contributed by atoms with Crippen LogP contribution in [0.15, 0.2) is 24.3 Å². The van der Waals surface area contributed by atoms with E-state index in [1.807, 2.05) is 45.0 Å². The number of nitrogens with one attached hydrogen (secondary N) is 1. The maximum Gasteiger partial charge on any atom is 0.225 e. The Balaban J connectivity index is 2.73. The van der Waals surface area contributed by atoms with Gasteiger partial charge in [0.1, 0.15) is 5.75 Å². The average Bonchev–Trinajstić information content (AvgIpc) is 2.39. The minimum absolute atomic E-state index is 0.00724. The summed E-state index contributed by atoms with van der Waals surface area (Å²) < 4.78 is 5.18. The molecule has 4 heteroatoms. The molecule has 1 aromatic rings. The van der Waals surface area contributed by atoms with Gasteiger partial charge >= 0.3 is 0 Å². The van der Waals surface area contributed by atoms with Crippen molar-refractivity contribution in [3.63, 3.8) is 0 Å². The zero-order chi connectivity index (χ0) is 14.4. The molecule has 0 spiro atoms. The summed E-state index contributed by atoms with van der Waals surface area (Å²) in [5, 5.41) is 3.01. The fourth-order valence-corrected chi connectivity index (χ4v) is 2.00. The monoisotopic (exact) mass is 264 g/mol. The van der Waals surface area contributed by atoms with E-state index in [2.05, 4.69) is 5.32 Å². The Hall–Kier alpha value is -1.55. The van der Waals surface area contributed by atoms with Gasteiger partial charge in [0, 0.05) is 6.54 Å². The van der Waals surface area contributed by atoms with E-state index in [1.54, 1.807) is 7.11 Å². The fraction of sp³-hybridized carbons (Fsp3) is 0.533. The molecule has 106 valence electrons. The van der Waals surface area contributed by atoms with Gasteiger partial charge < -0.3 is 15.8 Å². The first kappa shape index (κ1) is 15.5. The third-order valence-electron chi connectivity index (χ3n) is 3.35. The van der Waals surface area contributed by atoms with Crippen molar-refractivity contribution in [2.24, 2.45) is 17.6 Å². The number of hydrogen-bond acceptors (Lipinski definition) is 3. The summed E-state index contributed by atoms with van der Waals surface area (Å²) in [4.78, 5) is 12.1. The second kappa shape index (κ2) is 7.14. The number of hydrogen-bond donors (Lipinski definition) is 2.